The van der Waals surface area contributed by atoms with Crippen LogP contribution in [0.5, 0.6) is 0 Å². The van der Waals surface area contributed by atoms with Crippen LogP contribution in [0.25, 0.3) is 0 Å². The van der Waals surface area contributed by atoms with Gasteiger partial charge in [0, 0.05) is 36.5 Å². The first kappa shape index (κ1) is 17.4. The van der Waals surface area contributed by atoms with Gasteiger partial charge in [-0.25, -0.2) is 4.31 Å². The van der Waals surface area contributed by atoms with Gasteiger partial charge in [0.15, 0.2) is 0 Å². The molecule has 0 radical (unpaired) electrons. The molecule has 0 N–H and O–H groups in total. The smallest absolute Gasteiger partial charge is 0.225 e. The van der Waals surface area contributed by atoms with Crippen molar-refractivity contribution in [2.24, 2.45) is 11.3 Å². The molecule has 3 nitrogen and oxygen atoms in total. The average molecular weight is 359 g/mol. The van der Waals surface area contributed by atoms with Gasteiger partial charge in [-0.1, -0.05) is 26.3 Å². The van der Waals surface area contributed by atoms with Crippen LogP contribution in [-0.4, -0.2) is 34.2 Å². The monoisotopic (exact) mass is 358 g/mol. The summed E-state index contributed by atoms with van der Waals surface area (Å²) < 4.78 is 2.60. The minimum atomic E-state index is 0.0863. The fourth-order valence-corrected chi connectivity index (χ4v) is 5.91. The van der Waals surface area contributed by atoms with Gasteiger partial charge in [-0.05, 0) is 73.2 Å². The zero-order chi connectivity index (χ0) is 17.6. The maximum absolute atomic E-state index is 12.3. The molecule has 25 heavy (non-hydrogen) atoms. The van der Waals surface area contributed by atoms with E-state index >= 15 is 0 Å². The largest absolute Gasteiger partial charge is 0.338 e. The van der Waals surface area contributed by atoms with E-state index in [4.69, 9.17) is 0 Å². The summed E-state index contributed by atoms with van der Waals surface area (Å²) in [5, 5.41) is 0. The molecule has 1 aromatic rings. The Balaban J connectivity index is 1.46. The van der Waals surface area contributed by atoms with Crippen LogP contribution in [0.15, 0.2) is 23.1 Å². The SMILES string of the molecule is CC(C)C(=O)N1CCc2ccc(SN3CC4(CCC4)CC3C)cc2C1. The van der Waals surface area contributed by atoms with Gasteiger partial charge in [0.2, 0.25) is 5.91 Å². The maximum atomic E-state index is 12.3. The molecule has 4 rings (SSSR count). The van der Waals surface area contributed by atoms with Gasteiger partial charge >= 0.3 is 0 Å². The Morgan fingerprint density at radius 3 is 2.72 bits per heavy atom. The minimum absolute atomic E-state index is 0.0863. The van der Waals surface area contributed by atoms with Crippen LogP contribution in [0.2, 0.25) is 0 Å². The fourth-order valence-electron chi connectivity index (χ4n) is 4.72. The van der Waals surface area contributed by atoms with E-state index in [0.29, 0.717) is 11.5 Å². The summed E-state index contributed by atoms with van der Waals surface area (Å²) in [4.78, 5) is 15.7. The predicted molar refractivity (Wildman–Crippen MR) is 103 cm³/mol. The molecule has 0 bridgehead atoms. The van der Waals surface area contributed by atoms with E-state index in [2.05, 4.69) is 29.4 Å². The molecule has 1 atom stereocenters. The first-order valence-corrected chi connectivity index (χ1v) is 10.6. The van der Waals surface area contributed by atoms with E-state index in [1.54, 1.807) is 0 Å². The van der Waals surface area contributed by atoms with Gasteiger partial charge < -0.3 is 4.90 Å². The number of nitrogens with zero attached hydrogens (tertiary/aromatic N) is 2. The Labute approximate surface area is 156 Å². The second-order valence-corrected chi connectivity index (χ2v) is 9.79. The minimum Gasteiger partial charge on any atom is -0.338 e. The molecule has 2 fully saturated rings. The molecular formula is C21H30N2OS. The van der Waals surface area contributed by atoms with Crippen molar-refractivity contribution in [3.8, 4) is 0 Å². The third-order valence-electron chi connectivity index (χ3n) is 6.34. The van der Waals surface area contributed by atoms with Crippen molar-refractivity contribution in [2.45, 2.75) is 70.4 Å². The lowest BCUT2D eigenvalue weighted by molar-refractivity contribution is -0.135. The molecule has 1 saturated carbocycles. The number of rotatable bonds is 3. The number of benzene rings is 1. The van der Waals surface area contributed by atoms with E-state index in [1.807, 2.05) is 30.7 Å². The lowest BCUT2D eigenvalue weighted by atomic mass is 9.68. The van der Waals surface area contributed by atoms with Gasteiger partial charge in [-0.15, -0.1) is 0 Å². The summed E-state index contributed by atoms with van der Waals surface area (Å²) in [6, 6.07) is 7.56. The molecule has 1 aliphatic carbocycles. The van der Waals surface area contributed by atoms with Crippen molar-refractivity contribution < 1.29 is 4.79 Å². The molecule has 2 heterocycles. The van der Waals surface area contributed by atoms with Crippen LogP contribution < -0.4 is 0 Å². The van der Waals surface area contributed by atoms with Crippen LogP contribution in [-0.2, 0) is 17.8 Å². The molecule has 1 spiro atoms. The number of carbonyl (C=O) groups excluding carboxylic acids is 1. The van der Waals surface area contributed by atoms with Crippen molar-refractivity contribution in [1.29, 1.82) is 0 Å². The number of hydrogen-bond acceptors (Lipinski definition) is 3. The van der Waals surface area contributed by atoms with Crippen LogP contribution in [0, 0.1) is 11.3 Å². The van der Waals surface area contributed by atoms with Gasteiger partial charge in [-0.3, -0.25) is 4.79 Å². The van der Waals surface area contributed by atoms with E-state index < -0.39 is 0 Å². The Morgan fingerprint density at radius 2 is 2.08 bits per heavy atom. The standard InChI is InChI=1S/C21H30N2OS/c1-15(2)20(24)22-10-7-17-5-6-19(11-18(17)13-22)25-23-14-21(8-4-9-21)12-16(23)3/h5-6,11,15-16H,4,7-10,12-14H2,1-3H3. The van der Waals surface area contributed by atoms with Gasteiger partial charge in [-0.2, -0.15) is 0 Å². The molecular weight excluding hydrogens is 328 g/mol. The first-order chi connectivity index (χ1) is 12.0. The molecule has 4 heteroatoms. The number of hydrogen-bond donors (Lipinski definition) is 0. The Kier molecular flexibility index (Phi) is 4.61. The van der Waals surface area contributed by atoms with Crippen molar-refractivity contribution in [1.82, 2.24) is 9.21 Å². The Hall–Kier alpha value is -1.00. The quantitative estimate of drug-likeness (QED) is 0.743. The zero-order valence-electron chi connectivity index (χ0n) is 15.8. The van der Waals surface area contributed by atoms with Gasteiger partial charge in [0.1, 0.15) is 0 Å². The topological polar surface area (TPSA) is 23.6 Å². The van der Waals surface area contributed by atoms with E-state index in [1.165, 1.54) is 48.3 Å². The Morgan fingerprint density at radius 1 is 1.28 bits per heavy atom. The van der Waals surface area contributed by atoms with Crippen molar-refractivity contribution in [3.05, 3.63) is 29.3 Å². The fraction of sp³-hybridized carbons (Fsp3) is 0.667. The summed E-state index contributed by atoms with van der Waals surface area (Å²) in [6.45, 7) is 9.25. The van der Waals surface area contributed by atoms with E-state index in [0.717, 1.165) is 19.5 Å². The summed E-state index contributed by atoms with van der Waals surface area (Å²) in [5.41, 5.74) is 3.39. The van der Waals surface area contributed by atoms with Crippen molar-refractivity contribution in [2.75, 3.05) is 13.1 Å². The third kappa shape index (κ3) is 3.35. The van der Waals surface area contributed by atoms with Crippen molar-refractivity contribution in [3.63, 3.8) is 0 Å². The number of amides is 1. The van der Waals surface area contributed by atoms with E-state index in [-0.39, 0.29) is 11.8 Å². The molecule has 1 unspecified atom stereocenters. The normalized spacial score (nSPS) is 25.3. The van der Waals surface area contributed by atoms with Crippen LogP contribution >= 0.6 is 11.9 Å². The lowest BCUT2D eigenvalue weighted by Gasteiger charge is -2.38. The lowest BCUT2D eigenvalue weighted by Crippen LogP contribution is -2.38. The second-order valence-electron chi connectivity index (χ2n) is 8.67. The molecule has 3 aliphatic rings. The third-order valence-corrected chi connectivity index (χ3v) is 7.53. The molecule has 0 aromatic heterocycles. The highest BCUT2D eigenvalue weighted by atomic mass is 32.2. The zero-order valence-corrected chi connectivity index (χ0v) is 16.6. The molecule has 1 amide bonds. The molecule has 1 saturated heterocycles. The average Bonchev–Trinajstić information content (AvgIpc) is 2.90. The summed E-state index contributed by atoms with van der Waals surface area (Å²) in [7, 11) is 0. The molecule has 1 aromatic carbocycles. The van der Waals surface area contributed by atoms with Crippen molar-refractivity contribution >= 4 is 17.9 Å². The maximum Gasteiger partial charge on any atom is 0.225 e. The predicted octanol–water partition coefficient (Wildman–Crippen LogP) is 4.50. The van der Waals surface area contributed by atoms with Gasteiger partial charge in [0.05, 0.1) is 0 Å². The summed E-state index contributed by atoms with van der Waals surface area (Å²) >= 11 is 1.93. The molecule has 136 valence electrons. The van der Waals surface area contributed by atoms with Crippen LogP contribution in [0.1, 0.15) is 57.6 Å². The summed E-state index contributed by atoms with van der Waals surface area (Å²) in [6.07, 6.45) is 6.61. The van der Waals surface area contributed by atoms with Gasteiger partial charge in [0.25, 0.3) is 0 Å². The summed E-state index contributed by atoms with van der Waals surface area (Å²) in [5.74, 6) is 0.368. The highest BCUT2D eigenvalue weighted by Crippen LogP contribution is 2.52. The Bertz CT molecular complexity index is 668. The second kappa shape index (κ2) is 6.62. The first-order valence-electron chi connectivity index (χ1n) is 9.81. The van der Waals surface area contributed by atoms with Crippen LogP contribution in [0.4, 0.5) is 0 Å². The highest BCUT2D eigenvalue weighted by Gasteiger charge is 2.46. The number of fused-ring (bicyclic) bond motifs is 1. The molecule has 2 aliphatic heterocycles. The highest BCUT2D eigenvalue weighted by molar-refractivity contribution is 7.97. The van der Waals surface area contributed by atoms with Crippen LogP contribution in [0.3, 0.4) is 0 Å². The van der Waals surface area contributed by atoms with E-state index in [9.17, 15) is 4.79 Å². The number of carbonyl (C=O) groups is 1.